The summed E-state index contributed by atoms with van der Waals surface area (Å²) in [6.07, 6.45) is 2.99. The molecule has 22 heavy (non-hydrogen) atoms. The molecule has 122 valence electrons. The minimum Gasteiger partial charge on any atom is -0.497 e. The predicted octanol–water partition coefficient (Wildman–Crippen LogP) is 3.25. The molecule has 1 fully saturated rings. The first-order valence-corrected chi connectivity index (χ1v) is 7.56. The molecule has 1 heterocycles. The highest BCUT2D eigenvalue weighted by Gasteiger charge is 2.25. The van der Waals surface area contributed by atoms with Gasteiger partial charge in [0, 0.05) is 25.6 Å². The average Bonchev–Trinajstić information content (AvgIpc) is 3.01. The lowest BCUT2D eigenvalue weighted by Crippen LogP contribution is -2.40. The monoisotopic (exact) mass is 415 g/mol. The first-order valence-electron chi connectivity index (χ1n) is 7.56. The number of aliphatic imine (C=N–C) groups is 1. The number of benzene rings is 1. The molecule has 1 aromatic rings. The highest BCUT2D eigenvalue weighted by atomic mass is 127. The Hall–Kier alpha value is -1.24. The van der Waals surface area contributed by atoms with E-state index in [0.29, 0.717) is 12.5 Å². The molecule has 0 amide bonds. The van der Waals surface area contributed by atoms with Crippen molar-refractivity contribution in [1.29, 1.82) is 0 Å². The van der Waals surface area contributed by atoms with Crippen LogP contribution in [-0.2, 0) is 0 Å². The first kappa shape index (κ1) is 18.8. The summed E-state index contributed by atoms with van der Waals surface area (Å²) >= 11 is 0. The van der Waals surface area contributed by atoms with Crippen LogP contribution in [0.5, 0.6) is 5.75 Å². The Balaban J connectivity index is 0.00000242. The number of hydrogen-bond acceptors (Lipinski definition) is 2. The van der Waals surface area contributed by atoms with E-state index in [4.69, 9.17) is 4.74 Å². The Labute approximate surface area is 150 Å². The van der Waals surface area contributed by atoms with Crippen molar-refractivity contribution in [2.45, 2.75) is 19.3 Å². The van der Waals surface area contributed by atoms with Crippen LogP contribution in [0.1, 0.15) is 24.8 Å². The second-order valence-electron chi connectivity index (χ2n) is 5.19. The maximum absolute atomic E-state index is 5.22. The van der Waals surface area contributed by atoms with Gasteiger partial charge in [0.25, 0.3) is 0 Å². The summed E-state index contributed by atoms with van der Waals surface area (Å²) in [6, 6.07) is 8.41. The van der Waals surface area contributed by atoms with Crippen LogP contribution in [0.4, 0.5) is 0 Å². The Kier molecular flexibility index (Phi) is 8.30. The second-order valence-corrected chi connectivity index (χ2v) is 5.19. The highest BCUT2D eigenvalue weighted by Crippen LogP contribution is 2.28. The smallest absolute Gasteiger partial charge is 0.194 e. The molecule has 4 nitrogen and oxygen atoms in total. The molecule has 1 unspecified atom stereocenters. The van der Waals surface area contributed by atoms with Gasteiger partial charge in [-0.1, -0.05) is 18.2 Å². The van der Waals surface area contributed by atoms with Gasteiger partial charge in [-0.15, -0.1) is 30.6 Å². The van der Waals surface area contributed by atoms with Gasteiger partial charge < -0.3 is 15.0 Å². The van der Waals surface area contributed by atoms with E-state index in [9.17, 15) is 0 Å². The topological polar surface area (TPSA) is 36.9 Å². The molecule has 0 aliphatic carbocycles. The summed E-state index contributed by atoms with van der Waals surface area (Å²) < 4.78 is 5.22. The lowest BCUT2D eigenvalue weighted by atomic mass is 9.98. The molecular weight excluding hydrogens is 389 g/mol. The van der Waals surface area contributed by atoms with Crippen LogP contribution in [0.15, 0.2) is 41.9 Å². The molecule has 1 atom stereocenters. The maximum atomic E-state index is 5.22. The molecule has 5 heteroatoms. The summed E-state index contributed by atoms with van der Waals surface area (Å²) in [4.78, 5) is 6.90. The SMILES string of the molecule is C=CCN=C(NCC)N1CCC(c2ccc(OC)cc2)C1.I. The van der Waals surface area contributed by atoms with Crippen LogP contribution in [-0.4, -0.2) is 44.1 Å². The molecule has 1 aliphatic heterocycles. The normalized spacial score (nSPS) is 17.8. The van der Waals surface area contributed by atoms with Gasteiger partial charge in [0.15, 0.2) is 5.96 Å². The number of nitrogens with one attached hydrogen (secondary N) is 1. The third kappa shape index (κ3) is 4.90. The Morgan fingerprint density at radius 1 is 1.45 bits per heavy atom. The lowest BCUT2D eigenvalue weighted by molar-refractivity contribution is 0.414. The largest absolute Gasteiger partial charge is 0.497 e. The Morgan fingerprint density at radius 2 is 2.18 bits per heavy atom. The number of ether oxygens (including phenoxy) is 1. The van der Waals surface area contributed by atoms with Crippen molar-refractivity contribution in [3.05, 3.63) is 42.5 Å². The van der Waals surface area contributed by atoms with E-state index in [0.717, 1.165) is 37.8 Å². The number of methoxy groups -OCH3 is 1. The number of halogens is 1. The zero-order valence-electron chi connectivity index (χ0n) is 13.4. The van der Waals surface area contributed by atoms with Gasteiger partial charge >= 0.3 is 0 Å². The van der Waals surface area contributed by atoms with Crippen molar-refractivity contribution in [3.8, 4) is 5.75 Å². The Morgan fingerprint density at radius 3 is 2.77 bits per heavy atom. The second kappa shape index (κ2) is 9.71. The van der Waals surface area contributed by atoms with Gasteiger partial charge in [0.2, 0.25) is 0 Å². The first-order chi connectivity index (χ1) is 10.3. The van der Waals surface area contributed by atoms with Gasteiger partial charge in [-0.05, 0) is 31.0 Å². The third-order valence-electron chi connectivity index (χ3n) is 3.78. The molecule has 0 spiro atoms. The summed E-state index contributed by atoms with van der Waals surface area (Å²) in [5.74, 6) is 2.46. The van der Waals surface area contributed by atoms with Crippen LogP contribution in [0, 0.1) is 0 Å². The minimum absolute atomic E-state index is 0. The fraction of sp³-hybridized carbons (Fsp3) is 0.471. The zero-order valence-corrected chi connectivity index (χ0v) is 15.7. The molecule has 0 saturated carbocycles. The number of hydrogen-bond donors (Lipinski definition) is 1. The zero-order chi connectivity index (χ0) is 15.1. The van der Waals surface area contributed by atoms with Gasteiger partial charge in [-0.2, -0.15) is 0 Å². The minimum atomic E-state index is 0. The summed E-state index contributed by atoms with van der Waals surface area (Å²) in [7, 11) is 1.70. The summed E-state index contributed by atoms with van der Waals surface area (Å²) in [6.45, 7) is 9.43. The van der Waals surface area contributed by atoms with E-state index < -0.39 is 0 Å². The molecule has 0 radical (unpaired) electrons. The van der Waals surface area contributed by atoms with E-state index in [-0.39, 0.29) is 24.0 Å². The molecule has 0 bridgehead atoms. The van der Waals surface area contributed by atoms with Crippen molar-refractivity contribution in [2.24, 2.45) is 4.99 Å². The molecule has 1 aromatic carbocycles. The van der Waals surface area contributed by atoms with Crippen molar-refractivity contribution >= 4 is 29.9 Å². The van der Waals surface area contributed by atoms with Crippen molar-refractivity contribution in [3.63, 3.8) is 0 Å². The standard InChI is InChI=1S/C17H25N3O.HI/c1-4-11-19-17(18-5-2)20-12-10-15(13-20)14-6-8-16(21-3)9-7-14;/h4,6-9,15H,1,5,10-13H2,2-3H3,(H,18,19);1H. The lowest BCUT2D eigenvalue weighted by Gasteiger charge is -2.21. The molecule has 1 saturated heterocycles. The molecule has 0 aromatic heterocycles. The van der Waals surface area contributed by atoms with Crippen LogP contribution < -0.4 is 10.1 Å². The van der Waals surface area contributed by atoms with Crippen molar-refractivity contribution < 1.29 is 4.74 Å². The molecule has 1 N–H and O–H groups in total. The van der Waals surface area contributed by atoms with E-state index in [1.165, 1.54) is 5.56 Å². The van der Waals surface area contributed by atoms with Crippen LogP contribution in [0.3, 0.4) is 0 Å². The average molecular weight is 415 g/mol. The van der Waals surface area contributed by atoms with E-state index >= 15 is 0 Å². The summed E-state index contributed by atoms with van der Waals surface area (Å²) in [5.41, 5.74) is 1.37. The fourth-order valence-electron chi connectivity index (χ4n) is 2.68. The van der Waals surface area contributed by atoms with E-state index in [1.54, 1.807) is 7.11 Å². The molecule has 1 aliphatic rings. The van der Waals surface area contributed by atoms with Crippen LogP contribution >= 0.6 is 24.0 Å². The van der Waals surface area contributed by atoms with E-state index in [2.05, 4.69) is 40.8 Å². The Bertz CT molecular complexity index is 487. The number of guanidine groups is 1. The molecular formula is C17H26IN3O. The van der Waals surface area contributed by atoms with Gasteiger partial charge in [-0.25, -0.2) is 4.99 Å². The van der Waals surface area contributed by atoms with Crippen molar-refractivity contribution in [2.75, 3.05) is 33.3 Å². The van der Waals surface area contributed by atoms with Crippen LogP contribution in [0.25, 0.3) is 0 Å². The highest BCUT2D eigenvalue weighted by molar-refractivity contribution is 14.0. The quantitative estimate of drug-likeness (QED) is 0.347. The van der Waals surface area contributed by atoms with Gasteiger partial charge in [-0.3, -0.25) is 0 Å². The number of nitrogens with zero attached hydrogens (tertiary/aromatic N) is 2. The maximum Gasteiger partial charge on any atom is 0.194 e. The van der Waals surface area contributed by atoms with Gasteiger partial charge in [0.1, 0.15) is 5.75 Å². The van der Waals surface area contributed by atoms with E-state index in [1.807, 2.05) is 18.2 Å². The number of rotatable bonds is 5. The summed E-state index contributed by atoms with van der Waals surface area (Å²) in [5, 5.41) is 3.36. The number of likely N-dealkylation sites (tertiary alicyclic amines) is 1. The van der Waals surface area contributed by atoms with Gasteiger partial charge in [0.05, 0.1) is 13.7 Å². The van der Waals surface area contributed by atoms with Crippen molar-refractivity contribution in [1.82, 2.24) is 10.2 Å². The predicted molar refractivity (Wildman–Crippen MR) is 104 cm³/mol. The fourth-order valence-corrected chi connectivity index (χ4v) is 2.68. The third-order valence-corrected chi connectivity index (χ3v) is 3.78. The molecule has 2 rings (SSSR count). The van der Waals surface area contributed by atoms with Crippen LogP contribution in [0.2, 0.25) is 0 Å².